The Kier molecular flexibility index (Phi) is 41.5. The molecule has 0 aromatic carbocycles. The molecule has 0 fully saturated rings. The summed E-state index contributed by atoms with van der Waals surface area (Å²) in [7, 11) is 1.13. The second-order valence-corrected chi connectivity index (χ2v) is 18.5. The number of quaternary nitrogens is 1. The van der Waals surface area contributed by atoms with E-state index in [1.54, 1.807) is 0 Å². The molecule has 2 unspecified atom stereocenters. The van der Waals surface area contributed by atoms with Crippen LogP contribution in [0.25, 0.3) is 0 Å². The van der Waals surface area contributed by atoms with Gasteiger partial charge in [-0.15, -0.1) is 0 Å². The molecule has 10 heteroatoms. The van der Waals surface area contributed by atoms with Crippen LogP contribution in [0.15, 0.2) is 85.1 Å². The van der Waals surface area contributed by atoms with E-state index in [1.165, 1.54) is 25.7 Å². The van der Waals surface area contributed by atoms with Crippen LogP contribution in [0.4, 0.5) is 0 Å². The van der Waals surface area contributed by atoms with Gasteiger partial charge in [-0.25, -0.2) is 0 Å². The molecule has 9 nitrogen and oxygen atoms in total. The minimum atomic E-state index is -4.64. The molecule has 0 saturated carbocycles. The summed E-state index contributed by atoms with van der Waals surface area (Å²) in [5.74, 6) is -0.871. The summed E-state index contributed by atoms with van der Waals surface area (Å²) in [5, 5.41) is 0. The van der Waals surface area contributed by atoms with Gasteiger partial charge in [0.25, 0.3) is 7.82 Å². The van der Waals surface area contributed by atoms with E-state index in [9.17, 15) is 19.0 Å². The van der Waals surface area contributed by atoms with Crippen LogP contribution in [0.1, 0.15) is 181 Å². The standard InChI is InChI=1S/C52H90NO8P/c1-6-8-10-12-14-16-18-20-22-24-26-28-30-32-34-36-38-40-42-44-51(54)58-48-50(49-60-62(56,57)59-47-46-53(3,4)5)61-52(55)45-43-41-39-37-35-33-31-29-27-25-23-21-19-17-15-13-11-9-7-2/h9,11,14-17,20-23,26-29,50H,6-8,10,12-13,18-19,24-25,30-49H2,1-5H3/b11-9-,16-14-,17-15-,22-20-,23-21-,28-26-,29-27-. The number of hydrogen-bond donors (Lipinski definition) is 0. The maximum absolute atomic E-state index is 12.7. The van der Waals surface area contributed by atoms with E-state index < -0.39 is 32.5 Å². The Labute approximate surface area is 380 Å². The number of unbranched alkanes of at least 4 members (excludes halogenated alkanes) is 15. The molecule has 0 saturated heterocycles. The van der Waals surface area contributed by atoms with Crippen LogP contribution in [-0.4, -0.2) is 70.0 Å². The summed E-state index contributed by atoms with van der Waals surface area (Å²) >= 11 is 0. The van der Waals surface area contributed by atoms with Gasteiger partial charge in [-0.2, -0.15) is 0 Å². The number of ether oxygens (including phenoxy) is 2. The third kappa shape index (κ3) is 46.7. The number of carbonyl (C=O) groups excluding carboxylic acids is 2. The van der Waals surface area contributed by atoms with Gasteiger partial charge in [0.2, 0.25) is 0 Å². The zero-order chi connectivity index (χ0) is 45.7. The van der Waals surface area contributed by atoms with Gasteiger partial charge in [0, 0.05) is 12.8 Å². The zero-order valence-corrected chi connectivity index (χ0v) is 40.9. The first kappa shape index (κ1) is 59.2. The molecule has 0 N–H and O–H groups in total. The number of likely N-dealkylation sites (N-methyl/N-ethyl adjacent to an activating group) is 1. The van der Waals surface area contributed by atoms with E-state index in [1.807, 2.05) is 21.1 Å². The van der Waals surface area contributed by atoms with E-state index in [0.717, 1.165) is 116 Å². The van der Waals surface area contributed by atoms with Crippen molar-refractivity contribution in [3.8, 4) is 0 Å². The molecule has 0 spiro atoms. The first-order valence-electron chi connectivity index (χ1n) is 24.3. The number of esters is 2. The Morgan fingerprint density at radius 1 is 0.516 bits per heavy atom. The minimum absolute atomic E-state index is 0.0409. The van der Waals surface area contributed by atoms with Gasteiger partial charge >= 0.3 is 11.9 Å². The molecular weight excluding hydrogens is 798 g/mol. The quantitative estimate of drug-likeness (QED) is 0.0196. The summed E-state index contributed by atoms with van der Waals surface area (Å²) in [5.41, 5.74) is 0. The fraction of sp³-hybridized carbons (Fsp3) is 0.692. The van der Waals surface area contributed by atoms with E-state index in [4.69, 9.17) is 18.5 Å². The van der Waals surface area contributed by atoms with Crippen LogP contribution >= 0.6 is 7.82 Å². The molecule has 0 amide bonds. The van der Waals surface area contributed by atoms with Crippen molar-refractivity contribution in [2.45, 2.75) is 187 Å². The van der Waals surface area contributed by atoms with E-state index in [2.05, 4.69) is 98.9 Å². The highest BCUT2D eigenvalue weighted by Crippen LogP contribution is 2.38. The summed E-state index contributed by atoms with van der Waals surface area (Å²) in [6.07, 6.45) is 56.0. The second-order valence-electron chi connectivity index (χ2n) is 17.1. The molecule has 356 valence electrons. The van der Waals surface area contributed by atoms with Crippen LogP contribution in [0.3, 0.4) is 0 Å². The summed E-state index contributed by atoms with van der Waals surface area (Å²) in [6, 6.07) is 0. The highest BCUT2D eigenvalue weighted by Gasteiger charge is 2.21. The van der Waals surface area contributed by atoms with Crippen molar-refractivity contribution in [2.24, 2.45) is 0 Å². The number of hydrogen-bond acceptors (Lipinski definition) is 8. The van der Waals surface area contributed by atoms with Gasteiger partial charge in [0.1, 0.15) is 19.8 Å². The highest BCUT2D eigenvalue weighted by atomic mass is 31.2. The van der Waals surface area contributed by atoms with Crippen LogP contribution < -0.4 is 4.89 Å². The van der Waals surface area contributed by atoms with Gasteiger partial charge < -0.3 is 27.9 Å². The van der Waals surface area contributed by atoms with Crippen molar-refractivity contribution in [1.82, 2.24) is 0 Å². The Hall–Kier alpha value is -2.81. The molecule has 0 aliphatic carbocycles. The fourth-order valence-electron chi connectivity index (χ4n) is 6.12. The highest BCUT2D eigenvalue weighted by molar-refractivity contribution is 7.45. The lowest BCUT2D eigenvalue weighted by Gasteiger charge is -2.28. The summed E-state index contributed by atoms with van der Waals surface area (Å²) in [6.45, 7) is 4.04. The first-order chi connectivity index (χ1) is 30.0. The zero-order valence-electron chi connectivity index (χ0n) is 40.0. The summed E-state index contributed by atoms with van der Waals surface area (Å²) in [4.78, 5) is 37.7. The first-order valence-corrected chi connectivity index (χ1v) is 25.8. The average Bonchev–Trinajstić information content (AvgIpc) is 3.23. The normalized spacial score (nSPS) is 14.2. The predicted octanol–water partition coefficient (Wildman–Crippen LogP) is 13.7. The molecule has 0 aliphatic heterocycles. The molecule has 0 aliphatic rings. The van der Waals surface area contributed by atoms with E-state index >= 15 is 0 Å². The molecule has 2 atom stereocenters. The minimum Gasteiger partial charge on any atom is -0.756 e. The number of carbonyl (C=O) groups is 2. The molecule has 0 radical (unpaired) electrons. The van der Waals surface area contributed by atoms with Crippen LogP contribution in [-0.2, 0) is 32.7 Å². The fourth-order valence-corrected chi connectivity index (χ4v) is 6.85. The van der Waals surface area contributed by atoms with Crippen LogP contribution in [0.5, 0.6) is 0 Å². The third-order valence-electron chi connectivity index (χ3n) is 9.90. The molecule has 0 aromatic heterocycles. The number of phosphoric ester groups is 1. The van der Waals surface area contributed by atoms with Crippen molar-refractivity contribution >= 4 is 19.8 Å². The molecular formula is C52H90NO8P. The van der Waals surface area contributed by atoms with E-state index in [-0.39, 0.29) is 26.1 Å². The number of nitrogens with zero attached hydrogens (tertiary/aromatic N) is 1. The van der Waals surface area contributed by atoms with Gasteiger partial charge in [-0.1, -0.05) is 163 Å². The van der Waals surface area contributed by atoms with Gasteiger partial charge in [0.05, 0.1) is 27.7 Å². The Morgan fingerprint density at radius 2 is 0.919 bits per heavy atom. The lowest BCUT2D eigenvalue weighted by Crippen LogP contribution is -2.37. The monoisotopic (exact) mass is 888 g/mol. The smallest absolute Gasteiger partial charge is 0.306 e. The number of phosphoric acid groups is 1. The SMILES string of the molecule is CC/C=C\C/C=C\C/C=C\C/C=C\CCCCCCCCC(=O)OC(COC(=O)CCCCCCCC/C=C\C/C=C\C/C=C\CCCCC)COP(=O)([O-])OCC[N+](C)(C)C. The van der Waals surface area contributed by atoms with Gasteiger partial charge in [-0.05, 0) is 89.9 Å². The predicted molar refractivity (Wildman–Crippen MR) is 259 cm³/mol. The lowest BCUT2D eigenvalue weighted by molar-refractivity contribution is -0.870. The maximum atomic E-state index is 12.7. The van der Waals surface area contributed by atoms with Crippen molar-refractivity contribution in [3.63, 3.8) is 0 Å². The Balaban J connectivity index is 4.37. The Morgan fingerprint density at radius 3 is 1.37 bits per heavy atom. The molecule has 0 heterocycles. The topological polar surface area (TPSA) is 111 Å². The number of rotatable bonds is 43. The third-order valence-corrected chi connectivity index (χ3v) is 10.9. The average molecular weight is 888 g/mol. The largest absolute Gasteiger partial charge is 0.756 e. The second kappa shape index (κ2) is 43.4. The van der Waals surface area contributed by atoms with Crippen molar-refractivity contribution in [1.29, 1.82) is 0 Å². The summed E-state index contributed by atoms with van der Waals surface area (Å²) < 4.78 is 34.0. The lowest BCUT2D eigenvalue weighted by atomic mass is 10.1. The van der Waals surface area contributed by atoms with Crippen molar-refractivity contribution in [3.05, 3.63) is 85.1 Å². The van der Waals surface area contributed by atoms with E-state index in [0.29, 0.717) is 23.9 Å². The molecule has 0 bridgehead atoms. The van der Waals surface area contributed by atoms with Crippen molar-refractivity contribution in [2.75, 3.05) is 47.5 Å². The van der Waals surface area contributed by atoms with Gasteiger partial charge in [-0.3, -0.25) is 14.2 Å². The van der Waals surface area contributed by atoms with Crippen LogP contribution in [0, 0.1) is 0 Å². The number of allylic oxidation sites excluding steroid dienone is 14. The Bertz CT molecular complexity index is 1330. The molecule has 0 aromatic rings. The molecule has 0 rings (SSSR count). The maximum Gasteiger partial charge on any atom is 0.306 e. The van der Waals surface area contributed by atoms with Gasteiger partial charge in [0.15, 0.2) is 6.10 Å². The van der Waals surface area contributed by atoms with Crippen LogP contribution in [0.2, 0.25) is 0 Å². The van der Waals surface area contributed by atoms with Crippen molar-refractivity contribution < 1.29 is 42.1 Å². The molecule has 62 heavy (non-hydrogen) atoms.